The molecule has 0 spiro atoms. The SMILES string of the molecule is CCCC[C](N)N(C)C. The molecule has 55 valence electrons. The maximum atomic E-state index is 5.65. The van der Waals surface area contributed by atoms with Gasteiger partial charge in [-0.2, -0.15) is 0 Å². The van der Waals surface area contributed by atoms with Gasteiger partial charge in [-0.1, -0.05) is 19.8 Å². The summed E-state index contributed by atoms with van der Waals surface area (Å²) in [5.74, 6) is 0. The molecular weight excluding hydrogens is 112 g/mol. The first-order valence-corrected chi connectivity index (χ1v) is 3.47. The molecule has 2 nitrogen and oxygen atoms in total. The lowest BCUT2D eigenvalue weighted by Crippen LogP contribution is -2.27. The Labute approximate surface area is 58.0 Å². The minimum atomic E-state index is 0.983. The van der Waals surface area contributed by atoms with E-state index in [1.807, 2.05) is 19.0 Å². The van der Waals surface area contributed by atoms with Crippen LogP contribution in [0.25, 0.3) is 0 Å². The average molecular weight is 129 g/mol. The van der Waals surface area contributed by atoms with Crippen LogP contribution in [0.15, 0.2) is 0 Å². The molecule has 0 aromatic carbocycles. The highest BCUT2D eigenvalue weighted by Gasteiger charge is 2.03. The van der Waals surface area contributed by atoms with E-state index >= 15 is 0 Å². The Hall–Kier alpha value is -0.0800. The van der Waals surface area contributed by atoms with Crippen molar-refractivity contribution in [2.45, 2.75) is 26.2 Å². The Morgan fingerprint density at radius 2 is 2.00 bits per heavy atom. The maximum absolute atomic E-state index is 5.65. The van der Waals surface area contributed by atoms with E-state index in [1.54, 1.807) is 0 Å². The van der Waals surface area contributed by atoms with Crippen molar-refractivity contribution >= 4 is 0 Å². The van der Waals surface area contributed by atoms with E-state index in [-0.39, 0.29) is 0 Å². The highest BCUT2D eigenvalue weighted by Crippen LogP contribution is 2.05. The zero-order valence-corrected chi connectivity index (χ0v) is 6.65. The van der Waals surface area contributed by atoms with Gasteiger partial charge in [0.2, 0.25) is 0 Å². The summed E-state index contributed by atoms with van der Waals surface area (Å²) in [6.45, 7) is 2.17. The Balaban J connectivity index is 3.16. The van der Waals surface area contributed by atoms with Crippen molar-refractivity contribution in [1.29, 1.82) is 0 Å². The monoisotopic (exact) mass is 129 g/mol. The van der Waals surface area contributed by atoms with Crippen LogP contribution in [-0.2, 0) is 0 Å². The van der Waals surface area contributed by atoms with E-state index in [1.165, 1.54) is 12.8 Å². The number of hydrogen-bond donors (Lipinski definition) is 1. The first-order chi connectivity index (χ1) is 4.18. The van der Waals surface area contributed by atoms with Crippen molar-refractivity contribution in [1.82, 2.24) is 4.90 Å². The molecule has 0 heterocycles. The summed E-state index contributed by atoms with van der Waals surface area (Å²) in [5, 5.41) is 0. The summed E-state index contributed by atoms with van der Waals surface area (Å²) in [6.07, 6.45) is 4.43. The van der Waals surface area contributed by atoms with Gasteiger partial charge in [0.1, 0.15) is 6.17 Å². The van der Waals surface area contributed by atoms with Gasteiger partial charge in [-0.15, -0.1) is 0 Å². The van der Waals surface area contributed by atoms with Gasteiger partial charge < -0.3 is 5.73 Å². The van der Waals surface area contributed by atoms with Crippen LogP contribution >= 0.6 is 0 Å². The van der Waals surface area contributed by atoms with Gasteiger partial charge in [0.05, 0.1) is 0 Å². The molecule has 9 heavy (non-hydrogen) atoms. The third kappa shape index (κ3) is 4.43. The number of rotatable bonds is 4. The fourth-order valence-corrected chi connectivity index (χ4v) is 0.582. The molecule has 0 fully saturated rings. The van der Waals surface area contributed by atoms with E-state index in [9.17, 15) is 0 Å². The predicted octanol–water partition coefficient (Wildman–Crippen LogP) is 1.19. The Bertz CT molecular complexity index is 61.9. The van der Waals surface area contributed by atoms with Crippen molar-refractivity contribution in [3.63, 3.8) is 0 Å². The molecule has 0 atom stereocenters. The smallest absolute Gasteiger partial charge is 0.100 e. The number of nitrogens with two attached hydrogens (primary N) is 1. The zero-order chi connectivity index (χ0) is 7.28. The van der Waals surface area contributed by atoms with Crippen molar-refractivity contribution in [3.8, 4) is 0 Å². The van der Waals surface area contributed by atoms with Crippen molar-refractivity contribution in [2.24, 2.45) is 5.73 Å². The minimum Gasteiger partial charge on any atom is -0.310 e. The Morgan fingerprint density at radius 1 is 1.44 bits per heavy atom. The molecule has 0 amide bonds. The van der Waals surface area contributed by atoms with Crippen LogP contribution in [0.4, 0.5) is 0 Å². The molecule has 0 aliphatic carbocycles. The van der Waals surface area contributed by atoms with Crippen molar-refractivity contribution in [2.75, 3.05) is 14.1 Å². The zero-order valence-electron chi connectivity index (χ0n) is 6.65. The molecule has 2 heteroatoms. The highest BCUT2D eigenvalue weighted by atomic mass is 15.2. The first-order valence-electron chi connectivity index (χ1n) is 3.47. The number of unbranched alkanes of at least 4 members (excludes halogenated alkanes) is 1. The number of nitrogens with zero attached hydrogens (tertiary/aromatic N) is 1. The van der Waals surface area contributed by atoms with Crippen LogP contribution in [0.3, 0.4) is 0 Å². The lowest BCUT2D eigenvalue weighted by molar-refractivity contribution is 0.386. The van der Waals surface area contributed by atoms with E-state index < -0.39 is 0 Å². The second-order valence-corrected chi connectivity index (χ2v) is 2.49. The summed E-state index contributed by atoms with van der Waals surface area (Å²) in [7, 11) is 3.95. The third-order valence-corrected chi connectivity index (χ3v) is 1.36. The number of hydrogen-bond acceptors (Lipinski definition) is 2. The summed E-state index contributed by atoms with van der Waals surface area (Å²) < 4.78 is 0. The molecule has 0 rings (SSSR count). The molecule has 0 unspecified atom stereocenters. The Morgan fingerprint density at radius 3 is 2.33 bits per heavy atom. The lowest BCUT2D eigenvalue weighted by Gasteiger charge is -2.17. The Kier molecular flexibility index (Phi) is 4.72. The molecule has 0 aliphatic heterocycles. The van der Waals surface area contributed by atoms with Gasteiger partial charge in [-0.05, 0) is 20.5 Å². The van der Waals surface area contributed by atoms with Crippen LogP contribution in [0.1, 0.15) is 26.2 Å². The van der Waals surface area contributed by atoms with Crippen LogP contribution in [0.2, 0.25) is 0 Å². The fourth-order valence-electron chi connectivity index (χ4n) is 0.582. The van der Waals surface area contributed by atoms with Crippen LogP contribution in [0, 0.1) is 6.17 Å². The van der Waals surface area contributed by atoms with Gasteiger partial charge in [0.15, 0.2) is 0 Å². The van der Waals surface area contributed by atoms with Gasteiger partial charge in [-0.25, -0.2) is 0 Å². The van der Waals surface area contributed by atoms with E-state index in [2.05, 4.69) is 6.92 Å². The molecule has 2 N–H and O–H groups in total. The highest BCUT2D eigenvalue weighted by molar-refractivity contribution is 4.76. The fraction of sp³-hybridized carbons (Fsp3) is 0.857. The average Bonchev–Trinajstić information content (AvgIpc) is 1.82. The molecule has 0 saturated heterocycles. The first kappa shape index (κ1) is 8.92. The minimum absolute atomic E-state index is 0.983. The molecule has 0 aliphatic rings. The quantitative estimate of drug-likeness (QED) is 0.617. The topological polar surface area (TPSA) is 29.3 Å². The molecule has 1 radical (unpaired) electrons. The van der Waals surface area contributed by atoms with Gasteiger partial charge in [0.25, 0.3) is 0 Å². The van der Waals surface area contributed by atoms with Gasteiger partial charge in [-0.3, -0.25) is 4.90 Å². The third-order valence-electron chi connectivity index (χ3n) is 1.36. The van der Waals surface area contributed by atoms with Crippen LogP contribution in [0.5, 0.6) is 0 Å². The summed E-state index contributed by atoms with van der Waals surface area (Å²) in [5.41, 5.74) is 5.65. The molecule has 0 bridgehead atoms. The molecule has 0 aromatic heterocycles. The molecular formula is C7H17N2. The van der Waals surface area contributed by atoms with Crippen molar-refractivity contribution in [3.05, 3.63) is 6.17 Å². The summed E-state index contributed by atoms with van der Waals surface area (Å²) >= 11 is 0. The van der Waals surface area contributed by atoms with E-state index in [4.69, 9.17) is 5.73 Å². The standard InChI is InChI=1S/C7H17N2/c1-4-5-6-7(8)9(2)3/h4-6,8H2,1-3H3. The second kappa shape index (κ2) is 4.77. The summed E-state index contributed by atoms with van der Waals surface area (Å²) in [6, 6.07) is 0. The maximum Gasteiger partial charge on any atom is 0.100 e. The normalized spacial score (nSPS) is 11.3. The predicted molar refractivity (Wildman–Crippen MR) is 40.6 cm³/mol. The van der Waals surface area contributed by atoms with Gasteiger partial charge >= 0.3 is 0 Å². The van der Waals surface area contributed by atoms with E-state index in [0.717, 1.165) is 12.6 Å². The van der Waals surface area contributed by atoms with Gasteiger partial charge in [0, 0.05) is 0 Å². The largest absolute Gasteiger partial charge is 0.310 e. The van der Waals surface area contributed by atoms with Crippen LogP contribution < -0.4 is 5.73 Å². The molecule has 0 saturated carbocycles. The van der Waals surface area contributed by atoms with E-state index in [0.29, 0.717) is 0 Å². The second-order valence-electron chi connectivity index (χ2n) is 2.49. The summed E-state index contributed by atoms with van der Waals surface area (Å²) in [4.78, 5) is 1.97. The lowest BCUT2D eigenvalue weighted by atomic mass is 10.2. The van der Waals surface area contributed by atoms with Crippen LogP contribution in [-0.4, -0.2) is 19.0 Å². The van der Waals surface area contributed by atoms with Crippen molar-refractivity contribution < 1.29 is 0 Å². The molecule has 0 aromatic rings.